The van der Waals surface area contributed by atoms with Crippen LogP contribution < -0.4 is 5.32 Å². The van der Waals surface area contributed by atoms with Crippen LogP contribution in [0.4, 0.5) is 0 Å². The van der Waals surface area contributed by atoms with E-state index in [1.165, 1.54) is 0 Å². The zero-order chi connectivity index (χ0) is 12.7. The van der Waals surface area contributed by atoms with Gasteiger partial charge in [-0.1, -0.05) is 6.92 Å². The van der Waals surface area contributed by atoms with E-state index >= 15 is 0 Å². The topological polar surface area (TPSA) is 45.2 Å². The third-order valence-electron chi connectivity index (χ3n) is 2.93. The Morgan fingerprint density at radius 1 is 1.47 bits per heavy atom. The van der Waals surface area contributed by atoms with Crippen LogP contribution in [0.3, 0.4) is 0 Å². The van der Waals surface area contributed by atoms with Gasteiger partial charge in [-0.25, -0.2) is 0 Å². The minimum Gasteiger partial charge on any atom is -0.339 e. The van der Waals surface area contributed by atoms with Crippen LogP contribution in [0.5, 0.6) is 0 Å². The summed E-state index contributed by atoms with van der Waals surface area (Å²) in [6.07, 6.45) is 4.05. The second kappa shape index (κ2) is 7.01. The molecule has 0 fully saturated rings. The van der Waals surface area contributed by atoms with Crippen LogP contribution >= 0.6 is 0 Å². The fourth-order valence-corrected chi connectivity index (χ4v) is 1.63. The lowest BCUT2D eigenvalue weighted by atomic mass is 10.1. The first kappa shape index (κ1) is 13.6. The van der Waals surface area contributed by atoms with Crippen molar-refractivity contribution in [3.8, 4) is 0 Å². The van der Waals surface area contributed by atoms with Gasteiger partial charge in [0.2, 0.25) is 5.91 Å². The molecule has 0 bridgehead atoms. The molecule has 0 aliphatic heterocycles. The molecule has 0 aliphatic rings. The van der Waals surface area contributed by atoms with E-state index in [2.05, 4.69) is 10.3 Å². The quantitative estimate of drug-likeness (QED) is 0.762. The molecule has 1 unspecified atom stereocenters. The maximum absolute atomic E-state index is 11.9. The SMILES string of the molecule is CCNCCC(=O)N(C)C(C)c1ccncc1. The van der Waals surface area contributed by atoms with Crippen molar-refractivity contribution in [1.82, 2.24) is 15.2 Å². The molecule has 4 heteroatoms. The van der Waals surface area contributed by atoms with Crippen LogP contribution in [-0.2, 0) is 4.79 Å². The van der Waals surface area contributed by atoms with Crippen LogP contribution in [0.25, 0.3) is 0 Å². The highest BCUT2D eigenvalue weighted by atomic mass is 16.2. The van der Waals surface area contributed by atoms with Crippen molar-refractivity contribution < 1.29 is 4.79 Å². The third kappa shape index (κ3) is 4.15. The monoisotopic (exact) mass is 235 g/mol. The van der Waals surface area contributed by atoms with Crippen LogP contribution in [-0.4, -0.2) is 35.9 Å². The highest BCUT2D eigenvalue weighted by molar-refractivity contribution is 5.76. The number of pyridine rings is 1. The van der Waals surface area contributed by atoms with E-state index in [-0.39, 0.29) is 11.9 Å². The fourth-order valence-electron chi connectivity index (χ4n) is 1.63. The lowest BCUT2D eigenvalue weighted by molar-refractivity contribution is -0.131. The third-order valence-corrected chi connectivity index (χ3v) is 2.93. The maximum Gasteiger partial charge on any atom is 0.224 e. The van der Waals surface area contributed by atoms with Gasteiger partial charge < -0.3 is 10.2 Å². The van der Waals surface area contributed by atoms with Gasteiger partial charge in [0.25, 0.3) is 0 Å². The number of aromatic nitrogens is 1. The Hall–Kier alpha value is -1.42. The van der Waals surface area contributed by atoms with Crippen molar-refractivity contribution in [2.45, 2.75) is 26.3 Å². The van der Waals surface area contributed by atoms with Gasteiger partial charge in [-0.05, 0) is 31.2 Å². The minimum absolute atomic E-state index is 0.0899. The lowest BCUT2D eigenvalue weighted by Gasteiger charge is -2.25. The summed E-state index contributed by atoms with van der Waals surface area (Å²) in [5.74, 6) is 0.162. The maximum atomic E-state index is 11.9. The number of hydrogen-bond donors (Lipinski definition) is 1. The number of nitrogens with one attached hydrogen (secondary N) is 1. The van der Waals surface area contributed by atoms with Crippen molar-refractivity contribution in [2.24, 2.45) is 0 Å². The summed E-state index contributed by atoms with van der Waals surface area (Å²) in [7, 11) is 1.85. The number of rotatable bonds is 6. The van der Waals surface area contributed by atoms with Gasteiger partial charge >= 0.3 is 0 Å². The first-order valence-electron chi connectivity index (χ1n) is 6.03. The summed E-state index contributed by atoms with van der Waals surface area (Å²) in [5, 5.41) is 3.16. The number of nitrogens with zero attached hydrogens (tertiary/aromatic N) is 2. The zero-order valence-electron chi connectivity index (χ0n) is 10.8. The van der Waals surface area contributed by atoms with E-state index in [1.54, 1.807) is 17.3 Å². The van der Waals surface area contributed by atoms with Gasteiger partial charge in [0, 0.05) is 32.4 Å². The first-order chi connectivity index (χ1) is 8.16. The predicted octanol–water partition coefficient (Wildman–Crippen LogP) is 1.60. The summed E-state index contributed by atoms with van der Waals surface area (Å²) in [5.41, 5.74) is 1.11. The van der Waals surface area contributed by atoms with Crippen molar-refractivity contribution in [2.75, 3.05) is 20.1 Å². The van der Waals surface area contributed by atoms with Gasteiger partial charge in [0.1, 0.15) is 0 Å². The lowest BCUT2D eigenvalue weighted by Crippen LogP contribution is -2.32. The van der Waals surface area contributed by atoms with E-state index in [0.717, 1.165) is 18.7 Å². The number of hydrogen-bond acceptors (Lipinski definition) is 3. The molecule has 1 aromatic heterocycles. The summed E-state index contributed by atoms with van der Waals surface area (Å²) in [6, 6.07) is 3.98. The molecule has 1 rings (SSSR count). The smallest absolute Gasteiger partial charge is 0.224 e. The molecule has 0 spiro atoms. The number of carbonyl (C=O) groups is 1. The largest absolute Gasteiger partial charge is 0.339 e. The molecule has 0 aromatic carbocycles. The summed E-state index contributed by atoms with van der Waals surface area (Å²) >= 11 is 0. The van der Waals surface area contributed by atoms with E-state index in [1.807, 2.05) is 33.0 Å². The molecule has 1 N–H and O–H groups in total. The van der Waals surface area contributed by atoms with E-state index in [4.69, 9.17) is 0 Å². The fraction of sp³-hybridized carbons (Fsp3) is 0.538. The summed E-state index contributed by atoms with van der Waals surface area (Å²) in [6.45, 7) is 5.70. The zero-order valence-corrected chi connectivity index (χ0v) is 10.8. The van der Waals surface area contributed by atoms with Gasteiger partial charge in [-0.3, -0.25) is 9.78 Å². The van der Waals surface area contributed by atoms with Crippen LogP contribution in [0.2, 0.25) is 0 Å². The Labute approximate surface area is 103 Å². The summed E-state index contributed by atoms with van der Waals surface area (Å²) in [4.78, 5) is 17.7. The molecule has 1 aromatic rings. The molecular formula is C13H21N3O. The molecule has 1 heterocycles. The van der Waals surface area contributed by atoms with E-state index < -0.39 is 0 Å². The van der Waals surface area contributed by atoms with Gasteiger partial charge in [0.05, 0.1) is 6.04 Å². The summed E-state index contributed by atoms with van der Waals surface area (Å²) < 4.78 is 0. The average molecular weight is 235 g/mol. The van der Waals surface area contributed by atoms with Crippen molar-refractivity contribution >= 4 is 5.91 Å². The highest BCUT2D eigenvalue weighted by Crippen LogP contribution is 2.17. The Morgan fingerprint density at radius 3 is 2.71 bits per heavy atom. The Morgan fingerprint density at radius 2 is 2.12 bits per heavy atom. The Bertz CT molecular complexity index is 340. The molecule has 1 amide bonds. The van der Waals surface area contributed by atoms with Gasteiger partial charge in [-0.2, -0.15) is 0 Å². The molecule has 0 radical (unpaired) electrons. The highest BCUT2D eigenvalue weighted by Gasteiger charge is 2.16. The molecule has 0 saturated heterocycles. The standard InChI is InChI=1S/C13H21N3O/c1-4-14-10-7-13(17)16(3)11(2)12-5-8-15-9-6-12/h5-6,8-9,11,14H,4,7,10H2,1-3H3. The Kier molecular flexibility index (Phi) is 5.63. The average Bonchev–Trinajstić information content (AvgIpc) is 2.38. The first-order valence-corrected chi connectivity index (χ1v) is 6.03. The predicted molar refractivity (Wildman–Crippen MR) is 68.6 cm³/mol. The van der Waals surface area contributed by atoms with Crippen molar-refractivity contribution in [3.05, 3.63) is 30.1 Å². The normalized spacial score (nSPS) is 12.2. The molecular weight excluding hydrogens is 214 g/mol. The Balaban J connectivity index is 2.51. The van der Waals surface area contributed by atoms with Crippen LogP contribution in [0.15, 0.2) is 24.5 Å². The molecule has 1 atom stereocenters. The molecule has 94 valence electrons. The second-order valence-electron chi connectivity index (χ2n) is 4.06. The molecule has 0 saturated carbocycles. The van der Waals surface area contributed by atoms with Gasteiger partial charge in [0.15, 0.2) is 0 Å². The van der Waals surface area contributed by atoms with Crippen LogP contribution in [0, 0.1) is 0 Å². The number of amides is 1. The van der Waals surface area contributed by atoms with E-state index in [0.29, 0.717) is 6.42 Å². The van der Waals surface area contributed by atoms with Crippen molar-refractivity contribution in [3.63, 3.8) is 0 Å². The molecule has 0 aliphatic carbocycles. The van der Waals surface area contributed by atoms with Crippen LogP contribution in [0.1, 0.15) is 31.9 Å². The van der Waals surface area contributed by atoms with Gasteiger partial charge in [-0.15, -0.1) is 0 Å². The number of carbonyl (C=O) groups excluding carboxylic acids is 1. The molecule has 17 heavy (non-hydrogen) atoms. The molecule has 4 nitrogen and oxygen atoms in total. The second-order valence-corrected chi connectivity index (χ2v) is 4.06. The minimum atomic E-state index is 0.0899. The van der Waals surface area contributed by atoms with Crippen molar-refractivity contribution in [1.29, 1.82) is 0 Å². The van der Waals surface area contributed by atoms with E-state index in [9.17, 15) is 4.79 Å².